The monoisotopic (exact) mass is 419 g/mol. The normalized spacial score (nSPS) is 19.0. The van der Waals surface area contributed by atoms with Crippen LogP contribution >= 0.6 is 0 Å². The van der Waals surface area contributed by atoms with Crippen LogP contribution in [0.4, 0.5) is 10.6 Å². The van der Waals surface area contributed by atoms with Crippen LogP contribution in [0.5, 0.6) is 0 Å². The highest BCUT2D eigenvalue weighted by molar-refractivity contribution is 5.69. The van der Waals surface area contributed by atoms with Crippen LogP contribution in [-0.2, 0) is 17.6 Å². The van der Waals surface area contributed by atoms with E-state index >= 15 is 0 Å². The van der Waals surface area contributed by atoms with E-state index in [9.17, 15) is 4.79 Å². The van der Waals surface area contributed by atoms with Crippen molar-refractivity contribution in [3.05, 3.63) is 59.4 Å². The molecule has 0 bridgehead atoms. The van der Waals surface area contributed by atoms with E-state index in [1.54, 1.807) is 0 Å². The molecule has 3 aromatic rings. The van der Waals surface area contributed by atoms with Crippen molar-refractivity contribution in [2.75, 3.05) is 24.5 Å². The van der Waals surface area contributed by atoms with Gasteiger partial charge in [-0.05, 0) is 39.2 Å². The minimum absolute atomic E-state index is 0.252. The van der Waals surface area contributed by atoms with Gasteiger partial charge in [0, 0.05) is 37.7 Å². The predicted molar refractivity (Wildman–Crippen MR) is 119 cm³/mol. The average Bonchev–Trinajstić information content (AvgIpc) is 3.05. The predicted octanol–water partition coefficient (Wildman–Crippen LogP) is 4.02. The molecule has 2 aliphatic heterocycles. The minimum Gasteiger partial charge on any atom is -0.444 e. The fourth-order valence-corrected chi connectivity index (χ4v) is 4.54. The molecule has 1 aromatic carbocycles. The van der Waals surface area contributed by atoms with E-state index in [0.29, 0.717) is 25.6 Å². The molecule has 0 N–H and O–H groups in total. The fraction of sp³-hybridized carbons (Fsp3) is 0.458. The summed E-state index contributed by atoms with van der Waals surface area (Å²) in [5.41, 5.74) is 3.94. The van der Waals surface area contributed by atoms with Gasteiger partial charge in [0.05, 0.1) is 17.9 Å². The van der Waals surface area contributed by atoms with Crippen LogP contribution in [0.15, 0.2) is 42.6 Å². The summed E-state index contributed by atoms with van der Waals surface area (Å²) in [4.78, 5) is 21.8. The zero-order chi connectivity index (χ0) is 21.6. The van der Waals surface area contributed by atoms with Gasteiger partial charge in [-0.25, -0.2) is 9.78 Å². The summed E-state index contributed by atoms with van der Waals surface area (Å²) >= 11 is 0. The zero-order valence-electron chi connectivity index (χ0n) is 18.4. The van der Waals surface area contributed by atoms with Gasteiger partial charge >= 0.3 is 6.09 Å². The highest BCUT2D eigenvalue weighted by Gasteiger charge is 2.35. The smallest absolute Gasteiger partial charge is 0.410 e. The minimum atomic E-state index is -0.499. The van der Waals surface area contributed by atoms with Crippen LogP contribution in [0.3, 0.4) is 0 Å². The molecule has 1 atom stereocenters. The highest BCUT2D eigenvalue weighted by Crippen LogP contribution is 2.40. The van der Waals surface area contributed by atoms with Gasteiger partial charge in [0.2, 0.25) is 0 Å². The second kappa shape index (κ2) is 7.55. The maximum absolute atomic E-state index is 12.7. The Morgan fingerprint density at radius 2 is 1.84 bits per heavy atom. The number of rotatable bonds is 2. The SMILES string of the molecule is CC(C)(C)OC(=O)N1CCc2nc3ccnn3c(N3CCC3c3ccccc3)c2CC1. The van der Waals surface area contributed by atoms with Gasteiger partial charge in [0.1, 0.15) is 11.4 Å². The van der Waals surface area contributed by atoms with Crippen molar-refractivity contribution < 1.29 is 9.53 Å². The second-order valence-electron chi connectivity index (χ2n) is 9.34. The Morgan fingerprint density at radius 3 is 2.55 bits per heavy atom. The molecule has 5 rings (SSSR count). The van der Waals surface area contributed by atoms with E-state index in [1.165, 1.54) is 11.1 Å². The van der Waals surface area contributed by atoms with Crippen LogP contribution in [0.25, 0.3) is 5.65 Å². The molecule has 7 heteroatoms. The topological polar surface area (TPSA) is 63.0 Å². The number of ether oxygens (including phenoxy) is 1. The first-order valence-electron chi connectivity index (χ1n) is 11.1. The number of hydrogen-bond donors (Lipinski definition) is 0. The van der Waals surface area contributed by atoms with Crippen LogP contribution in [-0.4, -0.2) is 50.8 Å². The molecule has 0 saturated carbocycles. The number of hydrogen-bond acceptors (Lipinski definition) is 5. The van der Waals surface area contributed by atoms with E-state index in [-0.39, 0.29) is 6.09 Å². The van der Waals surface area contributed by atoms with Gasteiger partial charge in [0.15, 0.2) is 5.65 Å². The van der Waals surface area contributed by atoms with Crippen molar-refractivity contribution in [3.8, 4) is 0 Å². The lowest BCUT2D eigenvalue weighted by atomic mass is 9.93. The Kier molecular flexibility index (Phi) is 4.84. The Balaban J connectivity index is 1.49. The standard InChI is InChI=1S/C24H29N5O2/c1-24(2,3)31-23(30)27-14-10-18-19(11-15-27)26-21-9-13-25-29(21)22(18)28-16-12-20(28)17-7-5-4-6-8-17/h4-9,13,20H,10-12,14-16H2,1-3H3. The van der Waals surface area contributed by atoms with E-state index in [1.807, 2.05) is 42.4 Å². The number of benzene rings is 1. The van der Waals surface area contributed by atoms with Gasteiger partial charge in [-0.3, -0.25) is 0 Å². The summed E-state index contributed by atoms with van der Waals surface area (Å²) in [7, 11) is 0. The number of amides is 1. The molecule has 0 spiro atoms. The molecule has 1 unspecified atom stereocenters. The Bertz CT molecular complexity index is 1100. The summed E-state index contributed by atoms with van der Waals surface area (Å²) in [5.74, 6) is 1.12. The lowest BCUT2D eigenvalue weighted by molar-refractivity contribution is 0.0258. The van der Waals surface area contributed by atoms with Gasteiger partial charge in [0.25, 0.3) is 0 Å². The number of fused-ring (bicyclic) bond motifs is 2. The number of anilines is 1. The second-order valence-corrected chi connectivity index (χ2v) is 9.34. The largest absolute Gasteiger partial charge is 0.444 e. The molecule has 7 nitrogen and oxygen atoms in total. The van der Waals surface area contributed by atoms with Crippen LogP contribution in [0, 0.1) is 0 Å². The number of aromatic nitrogens is 3. The van der Waals surface area contributed by atoms with E-state index < -0.39 is 5.60 Å². The molecule has 0 radical (unpaired) electrons. The maximum Gasteiger partial charge on any atom is 0.410 e. The first-order valence-corrected chi connectivity index (χ1v) is 11.1. The van der Waals surface area contributed by atoms with E-state index in [4.69, 9.17) is 9.72 Å². The van der Waals surface area contributed by atoms with Gasteiger partial charge in [-0.2, -0.15) is 9.61 Å². The summed E-state index contributed by atoms with van der Waals surface area (Å²) in [6.45, 7) is 7.92. The molecular weight excluding hydrogens is 390 g/mol. The van der Waals surface area contributed by atoms with Gasteiger partial charge < -0.3 is 14.5 Å². The van der Waals surface area contributed by atoms with Crippen molar-refractivity contribution in [1.29, 1.82) is 0 Å². The Hall–Kier alpha value is -3.09. The molecule has 162 valence electrons. The first-order chi connectivity index (χ1) is 14.9. The van der Waals surface area contributed by atoms with Crippen molar-refractivity contribution in [3.63, 3.8) is 0 Å². The molecule has 2 aromatic heterocycles. The molecule has 0 aliphatic carbocycles. The third-order valence-electron chi connectivity index (χ3n) is 6.07. The summed E-state index contributed by atoms with van der Waals surface area (Å²) in [6, 6.07) is 12.9. The van der Waals surface area contributed by atoms with Gasteiger partial charge in [-0.15, -0.1) is 0 Å². The molecule has 31 heavy (non-hydrogen) atoms. The van der Waals surface area contributed by atoms with E-state index in [0.717, 1.165) is 36.5 Å². The van der Waals surface area contributed by atoms with E-state index in [2.05, 4.69) is 40.3 Å². The summed E-state index contributed by atoms with van der Waals surface area (Å²) < 4.78 is 7.59. The van der Waals surface area contributed by atoms with Crippen LogP contribution in [0.1, 0.15) is 50.1 Å². The molecule has 2 aliphatic rings. The van der Waals surface area contributed by atoms with Crippen molar-refractivity contribution in [2.24, 2.45) is 0 Å². The lowest BCUT2D eigenvalue weighted by Crippen LogP contribution is -2.43. The number of carbonyl (C=O) groups excluding carboxylic acids is 1. The lowest BCUT2D eigenvalue weighted by Gasteiger charge is -2.44. The molecule has 4 heterocycles. The maximum atomic E-state index is 12.7. The van der Waals surface area contributed by atoms with Gasteiger partial charge in [-0.1, -0.05) is 30.3 Å². The third-order valence-corrected chi connectivity index (χ3v) is 6.07. The molecular formula is C24H29N5O2. The average molecular weight is 420 g/mol. The molecule has 1 fully saturated rings. The summed E-state index contributed by atoms with van der Waals surface area (Å²) in [6.07, 6.45) is 4.14. The summed E-state index contributed by atoms with van der Waals surface area (Å²) in [5, 5.41) is 4.60. The first kappa shape index (κ1) is 19.8. The zero-order valence-corrected chi connectivity index (χ0v) is 18.4. The molecule has 1 amide bonds. The Morgan fingerprint density at radius 1 is 1.06 bits per heavy atom. The number of nitrogens with zero attached hydrogens (tertiary/aromatic N) is 5. The molecule has 1 saturated heterocycles. The number of carbonyl (C=O) groups is 1. The third kappa shape index (κ3) is 3.73. The van der Waals surface area contributed by atoms with Crippen LogP contribution in [0.2, 0.25) is 0 Å². The highest BCUT2D eigenvalue weighted by atomic mass is 16.6. The van der Waals surface area contributed by atoms with Crippen molar-refractivity contribution in [1.82, 2.24) is 19.5 Å². The van der Waals surface area contributed by atoms with Crippen molar-refractivity contribution >= 4 is 17.6 Å². The fourth-order valence-electron chi connectivity index (χ4n) is 4.54. The Labute approximate surface area is 182 Å². The quantitative estimate of drug-likeness (QED) is 0.628. The van der Waals surface area contributed by atoms with Crippen molar-refractivity contribution in [2.45, 2.75) is 51.7 Å². The van der Waals surface area contributed by atoms with Crippen LogP contribution < -0.4 is 4.90 Å².